The molecule has 120 valence electrons. The van der Waals surface area contributed by atoms with E-state index in [1.165, 1.54) is 18.2 Å². The highest BCUT2D eigenvalue weighted by Crippen LogP contribution is 2.27. The van der Waals surface area contributed by atoms with Crippen molar-refractivity contribution >= 4 is 23.2 Å². The molecule has 0 radical (unpaired) electrons. The second-order valence-electron chi connectivity index (χ2n) is 5.01. The summed E-state index contributed by atoms with van der Waals surface area (Å²) in [4.78, 5) is 38.0. The van der Waals surface area contributed by atoms with E-state index in [1.807, 2.05) is 0 Å². The molecule has 1 N–H and O–H groups in total. The van der Waals surface area contributed by atoms with Gasteiger partial charge >= 0.3 is 5.97 Å². The van der Waals surface area contributed by atoms with Crippen LogP contribution in [-0.2, 0) is 9.53 Å². The number of rotatable bonds is 4. The van der Waals surface area contributed by atoms with Crippen LogP contribution in [-0.4, -0.2) is 62.6 Å². The number of carboxylic acids is 1. The fraction of sp³-hybridized carbons (Fsp3) is 0.357. The number of thiazole rings is 1. The zero-order chi connectivity index (χ0) is 16.4. The van der Waals surface area contributed by atoms with Crippen LogP contribution < -0.4 is 0 Å². The highest BCUT2D eigenvalue weighted by Gasteiger charge is 2.40. The molecule has 2 atom stereocenters. The molecule has 1 aliphatic rings. The van der Waals surface area contributed by atoms with Crippen LogP contribution in [0.4, 0.5) is 0 Å². The normalized spacial score (nSPS) is 20.7. The van der Waals surface area contributed by atoms with E-state index in [0.29, 0.717) is 15.7 Å². The summed E-state index contributed by atoms with van der Waals surface area (Å²) < 4.78 is 5.19. The highest BCUT2D eigenvalue weighted by atomic mass is 32.1. The average Bonchev–Trinajstić information content (AvgIpc) is 3.22. The van der Waals surface area contributed by atoms with Crippen LogP contribution in [0.1, 0.15) is 16.1 Å². The Morgan fingerprint density at radius 2 is 2.09 bits per heavy atom. The lowest BCUT2D eigenvalue weighted by Gasteiger charge is -2.20. The van der Waals surface area contributed by atoms with Gasteiger partial charge in [-0.1, -0.05) is 0 Å². The van der Waals surface area contributed by atoms with Crippen molar-refractivity contribution < 1.29 is 19.4 Å². The van der Waals surface area contributed by atoms with E-state index < -0.39 is 12.0 Å². The van der Waals surface area contributed by atoms with Gasteiger partial charge in [0.2, 0.25) is 0 Å². The molecular weight excluding hydrogens is 320 g/mol. The first-order valence-electron chi connectivity index (χ1n) is 6.90. The molecule has 1 fully saturated rings. The first-order chi connectivity index (χ1) is 11.1. The summed E-state index contributed by atoms with van der Waals surface area (Å²) in [6, 6.07) is 0.807. The molecule has 0 spiro atoms. The topological polar surface area (TPSA) is 106 Å². The molecule has 9 heteroatoms. The predicted molar refractivity (Wildman–Crippen MR) is 81.0 cm³/mol. The lowest BCUT2D eigenvalue weighted by atomic mass is 10.2. The van der Waals surface area contributed by atoms with E-state index in [-0.39, 0.29) is 25.0 Å². The van der Waals surface area contributed by atoms with E-state index >= 15 is 0 Å². The van der Waals surface area contributed by atoms with Crippen molar-refractivity contribution in [1.82, 2.24) is 19.9 Å². The number of carbonyl (C=O) groups is 2. The quantitative estimate of drug-likeness (QED) is 0.886. The number of ether oxygens (including phenoxy) is 1. The van der Waals surface area contributed by atoms with Gasteiger partial charge in [-0.05, 0) is 6.07 Å². The number of amides is 1. The SMILES string of the molecule is COC1CC(C(=O)O)N(C(=O)c2cnc(-c3ncccn3)s2)C1. The Bertz CT molecular complexity index is 721. The van der Waals surface area contributed by atoms with E-state index in [1.54, 1.807) is 18.5 Å². The molecule has 1 aliphatic heterocycles. The fourth-order valence-corrected chi connectivity index (χ4v) is 3.27. The number of likely N-dealkylation sites (tertiary alicyclic amines) is 1. The van der Waals surface area contributed by atoms with Gasteiger partial charge in [-0.15, -0.1) is 11.3 Å². The second kappa shape index (κ2) is 6.39. The summed E-state index contributed by atoms with van der Waals surface area (Å²) in [7, 11) is 1.51. The maximum absolute atomic E-state index is 12.6. The van der Waals surface area contributed by atoms with E-state index in [2.05, 4.69) is 15.0 Å². The molecule has 8 nitrogen and oxygen atoms in total. The number of aromatic nitrogens is 3. The van der Waals surface area contributed by atoms with Gasteiger partial charge in [-0.25, -0.2) is 19.7 Å². The number of methoxy groups -OCH3 is 1. The minimum absolute atomic E-state index is 0.251. The summed E-state index contributed by atoms with van der Waals surface area (Å²) in [6.07, 6.45) is 4.62. The first-order valence-corrected chi connectivity index (χ1v) is 7.71. The summed E-state index contributed by atoms with van der Waals surface area (Å²) in [5.41, 5.74) is 0. The molecule has 0 aromatic carbocycles. The van der Waals surface area contributed by atoms with Crippen molar-refractivity contribution in [3.63, 3.8) is 0 Å². The van der Waals surface area contributed by atoms with Gasteiger partial charge in [0, 0.05) is 32.5 Å². The monoisotopic (exact) mass is 334 g/mol. The average molecular weight is 334 g/mol. The lowest BCUT2D eigenvalue weighted by molar-refractivity contribution is -0.141. The lowest BCUT2D eigenvalue weighted by Crippen LogP contribution is -2.40. The first kappa shape index (κ1) is 15.5. The van der Waals surface area contributed by atoms with Crippen LogP contribution in [0.25, 0.3) is 10.8 Å². The molecule has 3 heterocycles. The van der Waals surface area contributed by atoms with Crippen molar-refractivity contribution in [3.05, 3.63) is 29.5 Å². The molecule has 3 rings (SSSR count). The molecule has 0 saturated carbocycles. The molecular formula is C14H14N4O4S. The molecule has 23 heavy (non-hydrogen) atoms. The Morgan fingerprint density at radius 1 is 1.35 bits per heavy atom. The maximum atomic E-state index is 12.6. The summed E-state index contributed by atoms with van der Waals surface area (Å²) in [5.74, 6) is -0.965. The number of aliphatic carboxylic acids is 1. The van der Waals surface area contributed by atoms with Gasteiger partial charge in [0.05, 0.1) is 12.3 Å². The minimum atomic E-state index is -1.03. The van der Waals surface area contributed by atoms with Crippen LogP contribution in [0.2, 0.25) is 0 Å². The van der Waals surface area contributed by atoms with E-state index in [0.717, 1.165) is 11.3 Å². The Labute approximate surface area is 135 Å². The van der Waals surface area contributed by atoms with Gasteiger partial charge in [0.15, 0.2) is 10.8 Å². The molecule has 0 aliphatic carbocycles. The zero-order valence-corrected chi connectivity index (χ0v) is 13.1. The standard InChI is InChI=1S/C14H14N4O4S/c1-22-8-5-9(14(20)21)18(7-8)13(19)10-6-17-12(23-10)11-15-3-2-4-16-11/h2-4,6,8-9H,5,7H2,1H3,(H,20,21). The number of hydrogen-bond acceptors (Lipinski definition) is 7. The number of nitrogens with zero attached hydrogens (tertiary/aromatic N) is 4. The van der Waals surface area contributed by atoms with Gasteiger partial charge < -0.3 is 14.7 Å². The van der Waals surface area contributed by atoms with Gasteiger partial charge in [-0.2, -0.15) is 0 Å². The maximum Gasteiger partial charge on any atom is 0.326 e. The van der Waals surface area contributed by atoms with E-state index in [4.69, 9.17) is 4.74 Å². The second-order valence-corrected chi connectivity index (χ2v) is 6.04. The smallest absolute Gasteiger partial charge is 0.326 e. The minimum Gasteiger partial charge on any atom is -0.480 e. The molecule has 1 amide bonds. The molecule has 0 bridgehead atoms. The molecule has 2 aromatic rings. The summed E-state index contributed by atoms with van der Waals surface area (Å²) in [5, 5.41) is 9.81. The van der Waals surface area contributed by atoms with Gasteiger partial charge in [0.25, 0.3) is 5.91 Å². The molecule has 2 aromatic heterocycles. The third-order valence-corrected chi connectivity index (χ3v) is 4.60. The third-order valence-electron chi connectivity index (χ3n) is 3.62. The fourth-order valence-electron chi connectivity index (χ4n) is 2.45. The highest BCUT2D eigenvalue weighted by molar-refractivity contribution is 7.16. The van der Waals surface area contributed by atoms with E-state index in [9.17, 15) is 14.7 Å². The van der Waals surface area contributed by atoms with Crippen LogP contribution in [0.5, 0.6) is 0 Å². The Kier molecular flexibility index (Phi) is 4.30. The van der Waals surface area contributed by atoms with Crippen LogP contribution >= 0.6 is 11.3 Å². The zero-order valence-electron chi connectivity index (χ0n) is 12.2. The van der Waals surface area contributed by atoms with Crippen molar-refractivity contribution in [2.75, 3.05) is 13.7 Å². The summed E-state index contributed by atoms with van der Waals surface area (Å²) in [6.45, 7) is 0.251. The summed E-state index contributed by atoms with van der Waals surface area (Å²) >= 11 is 1.14. The Hall–Kier alpha value is -2.39. The Morgan fingerprint density at radius 3 is 2.74 bits per heavy atom. The van der Waals surface area contributed by atoms with Gasteiger partial charge in [-0.3, -0.25) is 4.79 Å². The van der Waals surface area contributed by atoms with Crippen molar-refractivity contribution in [2.24, 2.45) is 0 Å². The number of carbonyl (C=O) groups excluding carboxylic acids is 1. The van der Waals surface area contributed by atoms with Crippen LogP contribution in [0.3, 0.4) is 0 Å². The van der Waals surface area contributed by atoms with Crippen molar-refractivity contribution in [3.8, 4) is 10.8 Å². The van der Waals surface area contributed by atoms with Gasteiger partial charge in [0.1, 0.15) is 10.9 Å². The van der Waals surface area contributed by atoms with Crippen LogP contribution in [0, 0.1) is 0 Å². The van der Waals surface area contributed by atoms with Crippen molar-refractivity contribution in [1.29, 1.82) is 0 Å². The van der Waals surface area contributed by atoms with Crippen molar-refractivity contribution in [2.45, 2.75) is 18.6 Å². The Balaban J connectivity index is 1.83. The number of hydrogen-bond donors (Lipinski definition) is 1. The molecule has 2 unspecified atom stereocenters. The molecule has 1 saturated heterocycles. The number of carboxylic acid groups (broad SMARTS) is 1. The third kappa shape index (κ3) is 3.06. The largest absolute Gasteiger partial charge is 0.480 e. The predicted octanol–water partition coefficient (Wildman–Crippen LogP) is 0.914. The van der Waals surface area contributed by atoms with Crippen LogP contribution in [0.15, 0.2) is 24.7 Å².